The number of nitrogens with one attached hydrogen (secondary N) is 1. The third-order valence-corrected chi connectivity index (χ3v) is 4.07. The lowest BCUT2D eigenvalue weighted by molar-refractivity contribution is 0.408. The molecule has 1 heterocycles. The second kappa shape index (κ2) is 5.42. The maximum Gasteiger partial charge on any atom is 0.178 e. The maximum absolute atomic E-state index is 5.43. The van der Waals surface area contributed by atoms with Gasteiger partial charge < -0.3 is 14.3 Å². The van der Waals surface area contributed by atoms with Gasteiger partial charge in [-0.3, -0.25) is 0 Å². The average Bonchev–Trinajstić information content (AvgIpc) is 2.75. The normalized spacial score (nSPS) is 10.9. The highest BCUT2D eigenvalue weighted by Gasteiger charge is 2.08. The van der Waals surface area contributed by atoms with Crippen molar-refractivity contribution in [2.75, 3.05) is 7.11 Å². The van der Waals surface area contributed by atoms with Gasteiger partial charge in [0.25, 0.3) is 0 Å². The summed E-state index contributed by atoms with van der Waals surface area (Å²) < 4.78 is 9.22. The molecule has 0 unspecified atom stereocenters. The number of aromatic amines is 1. The lowest BCUT2D eigenvalue weighted by Gasteiger charge is -2.09. The number of imidazole rings is 1. The van der Waals surface area contributed by atoms with E-state index < -0.39 is 0 Å². The third-order valence-electron chi connectivity index (χ3n) is 3.26. The van der Waals surface area contributed by atoms with E-state index in [2.05, 4.69) is 37.6 Å². The van der Waals surface area contributed by atoms with Crippen molar-refractivity contribution in [3.63, 3.8) is 0 Å². The van der Waals surface area contributed by atoms with E-state index >= 15 is 0 Å². The number of methoxy groups -OCH3 is 1. The van der Waals surface area contributed by atoms with E-state index in [-0.39, 0.29) is 0 Å². The lowest BCUT2D eigenvalue weighted by Crippen LogP contribution is -2.01. The van der Waals surface area contributed by atoms with Crippen LogP contribution in [0, 0.1) is 4.77 Å². The van der Waals surface area contributed by atoms with Gasteiger partial charge in [-0.05, 0) is 36.5 Å². The fourth-order valence-electron chi connectivity index (χ4n) is 2.30. The van der Waals surface area contributed by atoms with E-state index in [0.717, 1.165) is 26.8 Å². The van der Waals surface area contributed by atoms with Crippen molar-refractivity contribution >= 4 is 39.2 Å². The van der Waals surface area contributed by atoms with Gasteiger partial charge in [0.2, 0.25) is 0 Å². The van der Waals surface area contributed by atoms with Crippen molar-refractivity contribution in [2.24, 2.45) is 0 Å². The zero-order valence-electron chi connectivity index (χ0n) is 10.9. The van der Waals surface area contributed by atoms with Crippen LogP contribution in [0.5, 0.6) is 5.75 Å². The number of hydrogen-bond acceptors (Lipinski definition) is 2. The maximum atomic E-state index is 5.43. The molecule has 3 aromatic rings. The Bertz CT molecular complexity index is 822. The predicted octanol–water partition coefficient (Wildman–Crippen LogP) is 4.52. The Kier molecular flexibility index (Phi) is 3.63. The van der Waals surface area contributed by atoms with Gasteiger partial charge in [0.15, 0.2) is 4.77 Å². The quantitative estimate of drug-likeness (QED) is 0.705. The SMILES string of the molecule is COc1ccccc1Cn1c(=S)[nH]c2cc(Br)ccc21. The fraction of sp³-hybridized carbons (Fsp3) is 0.133. The summed E-state index contributed by atoms with van der Waals surface area (Å²) in [6.07, 6.45) is 0. The number of halogens is 1. The first-order valence-electron chi connectivity index (χ1n) is 6.19. The predicted molar refractivity (Wildman–Crippen MR) is 86.9 cm³/mol. The molecule has 5 heteroatoms. The molecule has 1 N–H and O–H groups in total. The number of H-pyrrole nitrogens is 1. The van der Waals surface area contributed by atoms with Gasteiger partial charge in [0, 0.05) is 10.0 Å². The first kappa shape index (κ1) is 13.4. The molecule has 2 aromatic carbocycles. The minimum Gasteiger partial charge on any atom is -0.496 e. The van der Waals surface area contributed by atoms with E-state index in [0.29, 0.717) is 11.3 Å². The monoisotopic (exact) mass is 348 g/mol. The topological polar surface area (TPSA) is 29.9 Å². The molecule has 0 fully saturated rings. The summed E-state index contributed by atoms with van der Waals surface area (Å²) in [5.41, 5.74) is 3.22. The van der Waals surface area contributed by atoms with Crippen LogP contribution in [0.25, 0.3) is 11.0 Å². The van der Waals surface area contributed by atoms with Crippen molar-refractivity contribution in [1.29, 1.82) is 0 Å². The van der Waals surface area contributed by atoms with Gasteiger partial charge >= 0.3 is 0 Å². The Morgan fingerprint density at radius 1 is 1.25 bits per heavy atom. The van der Waals surface area contributed by atoms with Gasteiger partial charge in [-0.2, -0.15) is 0 Å². The van der Waals surface area contributed by atoms with Crippen LogP contribution in [0.4, 0.5) is 0 Å². The molecule has 0 aliphatic carbocycles. The van der Waals surface area contributed by atoms with Crippen LogP contribution >= 0.6 is 28.1 Å². The molecule has 102 valence electrons. The molecule has 0 aliphatic rings. The molecular weight excluding hydrogens is 336 g/mol. The van der Waals surface area contributed by atoms with Crippen LogP contribution in [-0.4, -0.2) is 16.7 Å². The van der Waals surface area contributed by atoms with E-state index in [1.165, 1.54) is 0 Å². The Hall–Kier alpha value is -1.59. The van der Waals surface area contributed by atoms with Crippen LogP contribution in [0.3, 0.4) is 0 Å². The van der Waals surface area contributed by atoms with E-state index in [1.54, 1.807) is 7.11 Å². The molecule has 0 saturated heterocycles. The van der Waals surface area contributed by atoms with Crippen molar-refractivity contribution < 1.29 is 4.74 Å². The highest BCUT2D eigenvalue weighted by molar-refractivity contribution is 9.10. The van der Waals surface area contributed by atoms with Crippen LogP contribution in [0.2, 0.25) is 0 Å². The van der Waals surface area contributed by atoms with Crippen molar-refractivity contribution in [1.82, 2.24) is 9.55 Å². The molecule has 0 aliphatic heterocycles. The molecule has 1 aromatic heterocycles. The first-order chi connectivity index (χ1) is 9.69. The minimum atomic E-state index is 0.685. The standard InChI is InChI=1S/C15H13BrN2OS/c1-19-14-5-3-2-4-10(14)9-18-13-7-6-11(16)8-12(13)17-15(18)20/h2-8H,9H2,1H3,(H,17,20). The summed E-state index contributed by atoms with van der Waals surface area (Å²) in [6, 6.07) is 14.1. The summed E-state index contributed by atoms with van der Waals surface area (Å²) in [7, 11) is 1.68. The Balaban J connectivity index is 2.11. The van der Waals surface area contributed by atoms with Crippen LogP contribution in [0.1, 0.15) is 5.56 Å². The second-order valence-corrected chi connectivity index (χ2v) is 5.79. The summed E-state index contributed by atoms with van der Waals surface area (Å²) in [5.74, 6) is 0.876. The minimum absolute atomic E-state index is 0.685. The van der Waals surface area contributed by atoms with Crippen LogP contribution in [-0.2, 0) is 6.54 Å². The van der Waals surface area contributed by atoms with Gasteiger partial charge in [-0.15, -0.1) is 0 Å². The second-order valence-electron chi connectivity index (χ2n) is 4.49. The third kappa shape index (κ3) is 2.39. The number of para-hydroxylation sites is 1. The molecule has 3 nitrogen and oxygen atoms in total. The molecular formula is C15H13BrN2OS. The van der Waals surface area contributed by atoms with Gasteiger partial charge in [-0.1, -0.05) is 34.1 Å². The fourth-order valence-corrected chi connectivity index (χ4v) is 2.93. The van der Waals surface area contributed by atoms with Crippen LogP contribution < -0.4 is 4.74 Å². The molecule has 0 saturated carbocycles. The molecule has 20 heavy (non-hydrogen) atoms. The molecule has 0 bridgehead atoms. The molecule has 0 amide bonds. The number of ether oxygens (including phenoxy) is 1. The molecule has 0 atom stereocenters. The number of aromatic nitrogens is 2. The zero-order chi connectivity index (χ0) is 14.1. The molecule has 3 rings (SSSR count). The highest BCUT2D eigenvalue weighted by Crippen LogP contribution is 2.23. The largest absolute Gasteiger partial charge is 0.496 e. The Labute approximate surface area is 130 Å². The summed E-state index contributed by atoms with van der Waals surface area (Å²) >= 11 is 8.90. The van der Waals surface area contributed by atoms with Crippen molar-refractivity contribution in [2.45, 2.75) is 6.54 Å². The molecule has 0 radical (unpaired) electrons. The zero-order valence-corrected chi connectivity index (χ0v) is 13.3. The van der Waals surface area contributed by atoms with E-state index in [1.807, 2.05) is 30.3 Å². The first-order valence-corrected chi connectivity index (χ1v) is 7.39. The van der Waals surface area contributed by atoms with E-state index in [9.17, 15) is 0 Å². The Morgan fingerprint density at radius 3 is 2.85 bits per heavy atom. The van der Waals surface area contributed by atoms with E-state index in [4.69, 9.17) is 17.0 Å². The number of fused-ring (bicyclic) bond motifs is 1. The summed E-state index contributed by atoms with van der Waals surface area (Å²) in [4.78, 5) is 3.23. The van der Waals surface area contributed by atoms with Gasteiger partial charge in [0.1, 0.15) is 5.75 Å². The number of hydrogen-bond donors (Lipinski definition) is 1. The van der Waals surface area contributed by atoms with Gasteiger partial charge in [0.05, 0.1) is 24.7 Å². The average molecular weight is 349 g/mol. The van der Waals surface area contributed by atoms with Crippen LogP contribution in [0.15, 0.2) is 46.9 Å². The summed E-state index contributed by atoms with van der Waals surface area (Å²) in [6.45, 7) is 0.685. The number of rotatable bonds is 3. The van der Waals surface area contributed by atoms with Crippen molar-refractivity contribution in [3.05, 3.63) is 57.3 Å². The summed E-state index contributed by atoms with van der Waals surface area (Å²) in [5, 5.41) is 0. The highest BCUT2D eigenvalue weighted by atomic mass is 79.9. The number of benzene rings is 2. The van der Waals surface area contributed by atoms with Crippen molar-refractivity contribution in [3.8, 4) is 5.75 Å². The molecule has 0 spiro atoms. The van der Waals surface area contributed by atoms with Gasteiger partial charge in [-0.25, -0.2) is 0 Å². The Morgan fingerprint density at radius 2 is 2.05 bits per heavy atom. The number of nitrogens with zero attached hydrogens (tertiary/aromatic N) is 1. The smallest absolute Gasteiger partial charge is 0.178 e. The lowest BCUT2D eigenvalue weighted by atomic mass is 10.2.